The predicted octanol–water partition coefficient (Wildman–Crippen LogP) is -0.428. The maximum absolute atomic E-state index is 13.7. The van der Waals surface area contributed by atoms with E-state index in [1.165, 1.54) is 5.01 Å². The van der Waals surface area contributed by atoms with Gasteiger partial charge in [-0.05, 0) is 43.2 Å². The van der Waals surface area contributed by atoms with Gasteiger partial charge in [0.15, 0.2) is 5.96 Å². The molecule has 2 fully saturated rings. The van der Waals surface area contributed by atoms with Gasteiger partial charge in [0.1, 0.15) is 11.6 Å². The Kier molecular flexibility index (Phi) is 9.69. The summed E-state index contributed by atoms with van der Waals surface area (Å²) in [6.45, 7) is 1.43. The normalized spacial score (nSPS) is 21.0. The molecule has 0 saturated carbocycles. The topological polar surface area (TPSA) is 189 Å². The molecule has 2 saturated heterocycles. The quantitative estimate of drug-likeness (QED) is 0.0997. The molecule has 0 aromatic heterocycles. The minimum absolute atomic E-state index is 0.0899. The Morgan fingerprint density at radius 1 is 1.00 bits per heavy atom. The van der Waals surface area contributed by atoms with Gasteiger partial charge in [-0.1, -0.05) is 60.7 Å². The maximum atomic E-state index is 13.7. The number of amides is 3. The number of nitrogens with one attached hydrogen (secondary N) is 2. The fraction of sp³-hybridized carbons (Fsp3) is 0.414. The van der Waals surface area contributed by atoms with Gasteiger partial charge in [-0.25, -0.2) is 5.01 Å². The SMILES string of the molecule is NC(N)=NCCC[C@H](NC(=O)[C@@H]1CCN2CC[C@@](N)(Cc3ccccc3)C(=O)N12)C(=O)C(=O)NCc1ccccc1. The first kappa shape index (κ1) is 29.7. The van der Waals surface area contributed by atoms with Crippen LogP contribution in [0.2, 0.25) is 0 Å². The van der Waals surface area contributed by atoms with Crippen LogP contribution in [0.3, 0.4) is 0 Å². The number of benzene rings is 2. The number of ketones is 1. The van der Waals surface area contributed by atoms with E-state index in [0.29, 0.717) is 38.8 Å². The van der Waals surface area contributed by atoms with Gasteiger partial charge in [0.05, 0.1) is 6.04 Å². The summed E-state index contributed by atoms with van der Waals surface area (Å²) in [5, 5.41) is 8.64. The van der Waals surface area contributed by atoms with Gasteiger partial charge >= 0.3 is 0 Å². The second kappa shape index (κ2) is 13.4. The molecule has 8 N–H and O–H groups in total. The highest BCUT2D eigenvalue weighted by Gasteiger charge is 2.51. The average molecular weight is 563 g/mol. The number of nitrogens with two attached hydrogens (primary N) is 3. The van der Waals surface area contributed by atoms with Crippen LogP contribution in [0.1, 0.15) is 36.8 Å². The Balaban J connectivity index is 1.45. The van der Waals surface area contributed by atoms with Crippen molar-refractivity contribution in [3.05, 3.63) is 71.8 Å². The van der Waals surface area contributed by atoms with Crippen molar-refractivity contribution >= 4 is 29.5 Å². The first-order chi connectivity index (χ1) is 19.7. The number of guanidine groups is 1. The van der Waals surface area contributed by atoms with Crippen LogP contribution in [0.5, 0.6) is 0 Å². The lowest BCUT2D eigenvalue weighted by molar-refractivity contribution is -0.165. The number of Topliss-reactive ketones (excluding diaryl/α,β-unsaturated/α-hetero) is 1. The zero-order valence-corrected chi connectivity index (χ0v) is 23.0. The van der Waals surface area contributed by atoms with Crippen molar-refractivity contribution in [1.82, 2.24) is 20.7 Å². The zero-order chi connectivity index (χ0) is 29.4. The summed E-state index contributed by atoms with van der Waals surface area (Å²) >= 11 is 0. The summed E-state index contributed by atoms with van der Waals surface area (Å²) in [5.41, 5.74) is 18.0. The van der Waals surface area contributed by atoms with Gasteiger partial charge in [-0.3, -0.25) is 29.2 Å². The number of rotatable bonds is 12. The number of aliphatic imine (C=N–C) groups is 1. The first-order valence-electron chi connectivity index (χ1n) is 13.8. The van der Waals surface area contributed by atoms with Gasteiger partial charge in [-0.15, -0.1) is 0 Å². The second-order valence-corrected chi connectivity index (χ2v) is 10.5. The van der Waals surface area contributed by atoms with E-state index in [4.69, 9.17) is 17.2 Å². The van der Waals surface area contributed by atoms with E-state index in [1.807, 2.05) is 65.7 Å². The lowest BCUT2D eigenvalue weighted by Gasteiger charge is -2.44. The lowest BCUT2D eigenvalue weighted by Crippen LogP contribution is -2.67. The molecule has 0 bridgehead atoms. The van der Waals surface area contributed by atoms with Crippen molar-refractivity contribution in [2.45, 2.75) is 56.3 Å². The van der Waals surface area contributed by atoms with E-state index < -0.39 is 35.2 Å². The Labute approximate surface area is 239 Å². The fourth-order valence-corrected chi connectivity index (χ4v) is 5.28. The number of hydrogen-bond donors (Lipinski definition) is 5. The number of hydrogen-bond acceptors (Lipinski definition) is 7. The largest absolute Gasteiger partial charge is 0.370 e. The van der Waals surface area contributed by atoms with Crippen molar-refractivity contribution in [3.63, 3.8) is 0 Å². The molecule has 12 heteroatoms. The van der Waals surface area contributed by atoms with Gasteiger partial charge in [0.2, 0.25) is 11.7 Å². The van der Waals surface area contributed by atoms with E-state index in [9.17, 15) is 19.2 Å². The molecule has 0 radical (unpaired) electrons. The molecule has 2 aromatic rings. The highest BCUT2D eigenvalue weighted by molar-refractivity contribution is 6.38. The molecule has 12 nitrogen and oxygen atoms in total. The Morgan fingerprint density at radius 3 is 2.32 bits per heavy atom. The summed E-state index contributed by atoms with van der Waals surface area (Å²) in [6, 6.07) is 16.7. The third-order valence-electron chi connectivity index (χ3n) is 7.47. The van der Waals surface area contributed by atoms with E-state index in [0.717, 1.165) is 11.1 Å². The Hall–Kier alpha value is -4.29. The lowest BCUT2D eigenvalue weighted by atomic mass is 9.85. The minimum Gasteiger partial charge on any atom is -0.370 e. The molecule has 0 unspecified atom stereocenters. The maximum Gasteiger partial charge on any atom is 0.289 e. The van der Waals surface area contributed by atoms with E-state index in [2.05, 4.69) is 15.6 Å². The molecule has 3 atom stereocenters. The molecule has 218 valence electrons. The molecule has 0 spiro atoms. The molecular formula is C29H38N8O4. The summed E-state index contributed by atoms with van der Waals surface area (Å²) in [5.74, 6) is -2.53. The minimum atomic E-state index is -1.16. The highest BCUT2D eigenvalue weighted by atomic mass is 16.2. The summed E-state index contributed by atoms with van der Waals surface area (Å²) in [7, 11) is 0. The van der Waals surface area contributed by atoms with Gasteiger partial charge in [0.25, 0.3) is 11.8 Å². The zero-order valence-electron chi connectivity index (χ0n) is 23.0. The van der Waals surface area contributed by atoms with Crippen LogP contribution in [0.4, 0.5) is 0 Å². The molecule has 2 aromatic carbocycles. The second-order valence-electron chi connectivity index (χ2n) is 10.5. The summed E-state index contributed by atoms with van der Waals surface area (Å²) in [4.78, 5) is 57.1. The van der Waals surface area contributed by atoms with Crippen LogP contribution >= 0.6 is 0 Å². The monoisotopic (exact) mass is 562 g/mol. The Bertz CT molecular complexity index is 1270. The molecule has 4 rings (SSSR count). The fourth-order valence-electron chi connectivity index (χ4n) is 5.28. The number of carbonyl (C=O) groups is 4. The van der Waals surface area contributed by atoms with Crippen LogP contribution in [-0.2, 0) is 32.1 Å². The Morgan fingerprint density at radius 2 is 1.66 bits per heavy atom. The smallest absolute Gasteiger partial charge is 0.289 e. The number of nitrogens with zero attached hydrogens (tertiary/aromatic N) is 3. The summed E-state index contributed by atoms with van der Waals surface area (Å²) < 4.78 is 0. The van der Waals surface area contributed by atoms with Crippen molar-refractivity contribution in [1.29, 1.82) is 0 Å². The van der Waals surface area contributed by atoms with E-state index >= 15 is 0 Å². The molecule has 2 aliphatic heterocycles. The first-order valence-corrected chi connectivity index (χ1v) is 13.8. The van der Waals surface area contributed by atoms with Crippen molar-refractivity contribution in [3.8, 4) is 0 Å². The molecule has 2 heterocycles. The third kappa shape index (κ3) is 7.47. The van der Waals surface area contributed by atoms with Gasteiger partial charge in [0, 0.05) is 26.2 Å². The van der Waals surface area contributed by atoms with Crippen molar-refractivity contribution in [2.24, 2.45) is 22.2 Å². The average Bonchev–Trinajstić information content (AvgIpc) is 3.41. The molecule has 0 aliphatic carbocycles. The van der Waals surface area contributed by atoms with Gasteiger partial charge in [-0.2, -0.15) is 0 Å². The van der Waals surface area contributed by atoms with Gasteiger partial charge < -0.3 is 27.8 Å². The van der Waals surface area contributed by atoms with Crippen LogP contribution in [0.25, 0.3) is 0 Å². The van der Waals surface area contributed by atoms with Crippen LogP contribution in [0.15, 0.2) is 65.7 Å². The predicted molar refractivity (Wildman–Crippen MR) is 154 cm³/mol. The van der Waals surface area contributed by atoms with Crippen LogP contribution in [-0.4, -0.2) is 76.7 Å². The molecule has 2 aliphatic rings. The van der Waals surface area contributed by atoms with Crippen LogP contribution in [0, 0.1) is 0 Å². The van der Waals surface area contributed by atoms with Crippen molar-refractivity contribution in [2.75, 3.05) is 19.6 Å². The number of hydrazine groups is 1. The molecule has 3 amide bonds. The van der Waals surface area contributed by atoms with E-state index in [1.54, 1.807) is 0 Å². The molecular weight excluding hydrogens is 524 g/mol. The standard InChI is InChI=1S/C29H38N8O4/c30-28(31)33-15-7-12-22(24(38)26(40)34-19-21-10-5-2-6-11-21)35-25(39)23-13-16-36-17-14-29(32,27(41)37(23)36)18-20-8-3-1-4-9-20/h1-6,8-11,22-23H,7,12-19,32H2,(H,34,40)(H,35,39)(H4,30,31,33)/t22-,23-,29+/m0/s1. The third-order valence-corrected chi connectivity index (χ3v) is 7.47. The van der Waals surface area contributed by atoms with E-state index in [-0.39, 0.29) is 31.4 Å². The highest BCUT2D eigenvalue weighted by Crippen LogP contribution is 2.31. The number of fused-ring (bicyclic) bond motifs is 1. The number of carbonyl (C=O) groups excluding carboxylic acids is 4. The molecule has 41 heavy (non-hydrogen) atoms. The van der Waals surface area contributed by atoms with Crippen LogP contribution < -0.4 is 27.8 Å². The summed E-state index contributed by atoms with van der Waals surface area (Å²) in [6.07, 6.45) is 1.67. The van der Waals surface area contributed by atoms with Crippen molar-refractivity contribution < 1.29 is 19.2 Å².